The second-order valence-electron chi connectivity index (χ2n) is 4.49. The van der Waals surface area contributed by atoms with Crippen LogP contribution in [0.3, 0.4) is 0 Å². The van der Waals surface area contributed by atoms with Gasteiger partial charge in [0.2, 0.25) is 5.91 Å². The van der Waals surface area contributed by atoms with E-state index in [1.807, 2.05) is 0 Å². The van der Waals surface area contributed by atoms with Gasteiger partial charge in [0.15, 0.2) is 5.65 Å². The molecule has 2 heterocycles. The van der Waals surface area contributed by atoms with E-state index in [1.165, 1.54) is 14.0 Å². The Morgan fingerprint density at radius 1 is 1.38 bits per heavy atom. The lowest BCUT2D eigenvalue weighted by atomic mass is 10.3. The lowest BCUT2D eigenvalue weighted by Crippen LogP contribution is -2.36. The Morgan fingerprint density at radius 3 is 2.76 bits per heavy atom. The Balaban J connectivity index is 2.07. The number of aryl methyl sites for hydroxylation is 1. The van der Waals surface area contributed by atoms with Gasteiger partial charge in [0.25, 0.3) is 0 Å². The lowest BCUT2D eigenvalue weighted by Gasteiger charge is -2.18. The number of hydrogen-bond acceptors (Lipinski definition) is 4. The number of fused-ring (bicyclic) bond motifs is 1. The standard InChI is InChI=1S/C13H16N4O4/c1-2-15(9-12(19)20)11(18)6-8-17-13(21)16-7-4-3-5-10(16)14-17/h3-5,7H,2,6,8-9H2,1H3,(H,19,20). The summed E-state index contributed by atoms with van der Waals surface area (Å²) in [5.74, 6) is -1.38. The van der Waals surface area contributed by atoms with Gasteiger partial charge < -0.3 is 10.0 Å². The van der Waals surface area contributed by atoms with E-state index in [9.17, 15) is 14.4 Å². The zero-order valence-corrected chi connectivity index (χ0v) is 11.6. The molecule has 0 bridgehead atoms. The summed E-state index contributed by atoms with van der Waals surface area (Å²) in [7, 11) is 0. The minimum atomic E-state index is -1.06. The number of carboxylic acid groups (broad SMARTS) is 1. The van der Waals surface area contributed by atoms with Gasteiger partial charge in [0.1, 0.15) is 6.54 Å². The van der Waals surface area contributed by atoms with Crippen molar-refractivity contribution in [2.24, 2.45) is 0 Å². The molecule has 0 fully saturated rings. The van der Waals surface area contributed by atoms with Crippen molar-refractivity contribution in [2.45, 2.75) is 19.9 Å². The fraction of sp³-hybridized carbons (Fsp3) is 0.385. The van der Waals surface area contributed by atoms with Crippen LogP contribution in [-0.2, 0) is 16.1 Å². The van der Waals surface area contributed by atoms with Crippen LogP contribution in [0.4, 0.5) is 0 Å². The molecule has 8 nitrogen and oxygen atoms in total. The molecular weight excluding hydrogens is 276 g/mol. The van der Waals surface area contributed by atoms with Gasteiger partial charge in [-0.3, -0.25) is 14.0 Å². The predicted molar refractivity (Wildman–Crippen MR) is 74.0 cm³/mol. The van der Waals surface area contributed by atoms with Crippen LogP contribution in [0, 0.1) is 0 Å². The first-order valence-electron chi connectivity index (χ1n) is 6.56. The highest BCUT2D eigenvalue weighted by Gasteiger charge is 2.15. The number of pyridine rings is 1. The normalized spacial score (nSPS) is 10.7. The van der Waals surface area contributed by atoms with Gasteiger partial charge in [0, 0.05) is 19.2 Å². The van der Waals surface area contributed by atoms with Crippen molar-refractivity contribution in [3.8, 4) is 0 Å². The molecule has 2 aromatic rings. The summed E-state index contributed by atoms with van der Waals surface area (Å²) in [5.41, 5.74) is 0.188. The Bertz CT molecular complexity index is 718. The topological polar surface area (TPSA) is 96.9 Å². The van der Waals surface area contributed by atoms with Crippen LogP contribution in [0.15, 0.2) is 29.2 Å². The molecule has 2 aromatic heterocycles. The molecule has 0 atom stereocenters. The number of nitrogens with zero attached hydrogens (tertiary/aromatic N) is 4. The third kappa shape index (κ3) is 3.28. The van der Waals surface area contributed by atoms with Crippen LogP contribution in [0.1, 0.15) is 13.3 Å². The van der Waals surface area contributed by atoms with Crippen LogP contribution < -0.4 is 5.69 Å². The Morgan fingerprint density at radius 2 is 2.14 bits per heavy atom. The van der Waals surface area contributed by atoms with Crippen molar-refractivity contribution < 1.29 is 14.7 Å². The zero-order valence-electron chi connectivity index (χ0n) is 11.6. The van der Waals surface area contributed by atoms with E-state index in [0.717, 1.165) is 0 Å². The second-order valence-corrected chi connectivity index (χ2v) is 4.49. The van der Waals surface area contributed by atoms with Crippen molar-refractivity contribution in [2.75, 3.05) is 13.1 Å². The highest BCUT2D eigenvalue weighted by atomic mass is 16.4. The first-order chi connectivity index (χ1) is 10.0. The van der Waals surface area contributed by atoms with Crippen molar-refractivity contribution in [1.29, 1.82) is 0 Å². The van der Waals surface area contributed by atoms with E-state index in [1.54, 1.807) is 31.3 Å². The number of rotatable bonds is 6. The minimum absolute atomic E-state index is 0.0326. The molecular formula is C13H16N4O4. The molecule has 0 aliphatic heterocycles. The Labute approximate surface area is 120 Å². The van der Waals surface area contributed by atoms with E-state index in [-0.39, 0.29) is 31.1 Å². The SMILES string of the molecule is CCN(CC(=O)O)C(=O)CCn1nc2ccccn2c1=O. The number of carboxylic acids is 1. The molecule has 112 valence electrons. The second kappa shape index (κ2) is 6.21. The highest BCUT2D eigenvalue weighted by Crippen LogP contribution is 1.99. The molecule has 2 rings (SSSR count). The molecule has 0 aliphatic rings. The number of likely N-dealkylation sites (N-methyl/N-ethyl adjacent to an activating group) is 1. The van der Waals surface area contributed by atoms with E-state index >= 15 is 0 Å². The van der Waals surface area contributed by atoms with Crippen LogP contribution in [-0.4, -0.2) is 49.2 Å². The number of carbonyl (C=O) groups excluding carboxylic acids is 1. The van der Waals surface area contributed by atoms with Crippen molar-refractivity contribution in [3.05, 3.63) is 34.9 Å². The third-order valence-electron chi connectivity index (χ3n) is 3.09. The monoisotopic (exact) mass is 292 g/mol. The molecule has 0 saturated heterocycles. The van der Waals surface area contributed by atoms with Crippen LogP contribution in [0.5, 0.6) is 0 Å². The summed E-state index contributed by atoms with van der Waals surface area (Å²) in [6.07, 6.45) is 1.64. The van der Waals surface area contributed by atoms with E-state index in [2.05, 4.69) is 5.10 Å². The summed E-state index contributed by atoms with van der Waals surface area (Å²) in [6.45, 7) is 1.80. The molecule has 1 amide bonds. The summed E-state index contributed by atoms with van der Waals surface area (Å²) in [6, 6.07) is 5.18. The fourth-order valence-corrected chi connectivity index (χ4v) is 2.01. The molecule has 0 radical (unpaired) electrons. The van der Waals surface area contributed by atoms with Gasteiger partial charge in [-0.2, -0.15) is 0 Å². The first kappa shape index (κ1) is 14.8. The number of carbonyl (C=O) groups is 2. The van der Waals surface area contributed by atoms with E-state index in [0.29, 0.717) is 12.2 Å². The van der Waals surface area contributed by atoms with Crippen LogP contribution in [0.25, 0.3) is 5.65 Å². The summed E-state index contributed by atoms with van der Waals surface area (Å²) in [5, 5.41) is 12.8. The molecule has 1 N–H and O–H groups in total. The van der Waals surface area contributed by atoms with Gasteiger partial charge in [-0.05, 0) is 19.1 Å². The molecule has 21 heavy (non-hydrogen) atoms. The Kier molecular flexibility index (Phi) is 4.36. The first-order valence-corrected chi connectivity index (χ1v) is 6.56. The lowest BCUT2D eigenvalue weighted by molar-refractivity contribution is -0.144. The summed E-state index contributed by atoms with van der Waals surface area (Å²) < 4.78 is 2.60. The molecule has 8 heteroatoms. The average molecular weight is 292 g/mol. The zero-order chi connectivity index (χ0) is 15.4. The molecule has 0 spiro atoms. The van der Waals surface area contributed by atoms with Crippen molar-refractivity contribution in [1.82, 2.24) is 19.1 Å². The smallest absolute Gasteiger partial charge is 0.350 e. The Hall–Kier alpha value is -2.64. The third-order valence-corrected chi connectivity index (χ3v) is 3.09. The maximum absolute atomic E-state index is 12.0. The van der Waals surface area contributed by atoms with Gasteiger partial charge in [-0.25, -0.2) is 9.48 Å². The van der Waals surface area contributed by atoms with Gasteiger partial charge in [-0.15, -0.1) is 5.10 Å². The fourth-order valence-electron chi connectivity index (χ4n) is 2.01. The van der Waals surface area contributed by atoms with Crippen LogP contribution in [0.2, 0.25) is 0 Å². The number of hydrogen-bond donors (Lipinski definition) is 1. The summed E-state index contributed by atoms with van der Waals surface area (Å²) >= 11 is 0. The van der Waals surface area contributed by atoms with E-state index in [4.69, 9.17) is 5.11 Å². The van der Waals surface area contributed by atoms with E-state index < -0.39 is 5.97 Å². The quantitative estimate of drug-likeness (QED) is 0.796. The number of amides is 1. The number of aliphatic carboxylic acids is 1. The van der Waals surface area contributed by atoms with Crippen molar-refractivity contribution >= 4 is 17.5 Å². The number of aromatic nitrogens is 3. The molecule has 0 aromatic carbocycles. The minimum Gasteiger partial charge on any atom is -0.480 e. The predicted octanol–water partition coefficient (Wildman–Crippen LogP) is -0.181. The largest absolute Gasteiger partial charge is 0.480 e. The maximum atomic E-state index is 12.0. The molecule has 0 unspecified atom stereocenters. The van der Waals surface area contributed by atoms with Gasteiger partial charge in [-0.1, -0.05) is 6.07 Å². The summed E-state index contributed by atoms with van der Waals surface area (Å²) in [4.78, 5) is 35.8. The average Bonchev–Trinajstić information content (AvgIpc) is 2.79. The van der Waals surface area contributed by atoms with Gasteiger partial charge >= 0.3 is 11.7 Å². The highest BCUT2D eigenvalue weighted by molar-refractivity contribution is 5.81. The maximum Gasteiger partial charge on any atom is 0.350 e. The van der Waals surface area contributed by atoms with Crippen molar-refractivity contribution in [3.63, 3.8) is 0 Å². The van der Waals surface area contributed by atoms with Gasteiger partial charge in [0.05, 0.1) is 6.54 Å². The molecule has 0 saturated carbocycles. The van der Waals surface area contributed by atoms with Crippen LogP contribution >= 0.6 is 0 Å². The molecule has 0 aliphatic carbocycles.